The maximum atomic E-state index is 11.7. The van der Waals surface area contributed by atoms with Gasteiger partial charge >= 0.3 is 7.68 Å². The third-order valence-corrected chi connectivity index (χ3v) is 9.00. The van der Waals surface area contributed by atoms with Crippen LogP contribution in [0.2, 0.25) is 0 Å². The Balaban J connectivity index is 1.55. The van der Waals surface area contributed by atoms with Crippen molar-refractivity contribution in [1.29, 1.82) is 0 Å². The summed E-state index contributed by atoms with van der Waals surface area (Å²) in [4.78, 5) is 12.4. The van der Waals surface area contributed by atoms with Gasteiger partial charge in [-0.25, -0.2) is 24.1 Å². The summed E-state index contributed by atoms with van der Waals surface area (Å²) < 4.78 is 31.0. The van der Waals surface area contributed by atoms with Crippen LogP contribution < -0.4 is 5.73 Å². The van der Waals surface area contributed by atoms with E-state index in [1.54, 1.807) is 17.1 Å². The first-order valence-electron chi connectivity index (χ1n) is 12.5. The van der Waals surface area contributed by atoms with E-state index >= 15 is 0 Å². The van der Waals surface area contributed by atoms with E-state index in [1.807, 2.05) is 22.3 Å². The zero-order chi connectivity index (χ0) is 24.6. The van der Waals surface area contributed by atoms with E-state index in [2.05, 4.69) is 21.9 Å². The van der Waals surface area contributed by atoms with E-state index in [0.717, 1.165) is 11.5 Å². The predicted octanol–water partition coefficient (Wildman–Crippen LogP) is 7.01. The van der Waals surface area contributed by atoms with Crippen molar-refractivity contribution in [3.05, 3.63) is 12.7 Å². The van der Waals surface area contributed by atoms with Crippen LogP contribution in [0.15, 0.2) is 12.7 Å². The van der Waals surface area contributed by atoms with Gasteiger partial charge in [0.15, 0.2) is 17.3 Å². The Bertz CT molecular complexity index is 889. The summed E-state index contributed by atoms with van der Waals surface area (Å²) in [5, 5.41) is 0. The molecule has 34 heavy (non-hydrogen) atoms. The third-order valence-electron chi connectivity index (χ3n) is 5.62. The van der Waals surface area contributed by atoms with Crippen molar-refractivity contribution in [2.75, 3.05) is 17.2 Å². The minimum absolute atomic E-state index is 0.309. The van der Waals surface area contributed by atoms with Crippen LogP contribution in [-0.2, 0) is 20.4 Å². The first kappa shape index (κ1) is 29.1. The van der Waals surface area contributed by atoms with E-state index in [1.165, 1.54) is 70.5 Å². The van der Waals surface area contributed by atoms with E-state index in [-0.39, 0.29) is 6.10 Å². The lowest BCUT2D eigenvalue weighted by atomic mass is 10.1. The average molecular weight is 530 g/mol. The Kier molecular flexibility index (Phi) is 14.9. The number of aromatic nitrogens is 4. The number of fused-ring (bicyclic) bond motifs is 1. The molecule has 8 nitrogen and oxygen atoms in total. The lowest BCUT2D eigenvalue weighted by molar-refractivity contribution is 0.0301. The Morgan fingerprint density at radius 3 is 2.29 bits per heavy atom. The van der Waals surface area contributed by atoms with Crippen LogP contribution in [0.25, 0.3) is 11.2 Å². The smallest absolute Gasteiger partial charge is 0.345 e. The quantitative estimate of drug-likeness (QED) is 0.110. The molecule has 2 rings (SSSR count). The van der Waals surface area contributed by atoms with Crippen molar-refractivity contribution in [2.45, 2.75) is 103 Å². The summed E-state index contributed by atoms with van der Waals surface area (Å²) in [6.45, 7) is 4.55. The molecule has 0 saturated carbocycles. The minimum atomic E-state index is -2.66. The Morgan fingerprint density at radius 2 is 1.62 bits per heavy atom. The molecule has 2 atom stereocenters. The fourth-order valence-corrected chi connectivity index (χ4v) is 6.80. The molecule has 2 aromatic heterocycles. The molecule has 2 aromatic rings. The van der Waals surface area contributed by atoms with Crippen LogP contribution in [0.3, 0.4) is 0 Å². The molecule has 0 amide bonds. The van der Waals surface area contributed by atoms with Crippen LogP contribution >= 0.6 is 29.3 Å². The maximum Gasteiger partial charge on any atom is 0.345 e. The molecule has 0 fully saturated rings. The predicted molar refractivity (Wildman–Crippen MR) is 144 cm³/mol. The van der Waals surface area contributed by atoms with Crippen molar-refractivity contribution in [1.82, 2.24) is 19.5 Å². The van der Waals surface area contributed by atoms with Gasteiger partial charge in [-0.1, -0.05) is 86.3 Å². The Morgan fingerprint density at radius 1 is 0.971 bits per heavy atom. The second kappa shape index (κ2) is 17.4. The second-order valence-corrected chi connectivity index (χ2v) is 12.5. The van der Waals surface area contributed by atoms with Crippen molar-refractivity contribution in [2.24, 2.45) is 0 Å². The van der Waals surface area contributed by atoms with Crippen LogP contribution in [0.4, 0.5) is 5.82 Å². The number of ether oxygens (including phenoxy) is 1. The normalized spacial score (nSPS) is 13.4. The number of rotatable bonds is 20. The standard InChI is InChI=1S/C23H40N5O3PS2/c1-3-4-5-6-7-8-9-10-11-12-14-33-34-15-13-20(32(29)30)31-19(2)16-28-18-27-21-22(24)25-17-26-23(21)28/h17-20H,3-16H2,1-2H3,(H2,24,25,26). The van der Waals surface area contributed by atoms with E-state index < -0.39 is 13.5 Å². The van der Waals surface area contributed by atoms with Crippen molar-refractivity contribution in [3.8, 4) is 0 Å². The van der Waals surface area contributed by atoms with E-state index in [0.29, 0.717) is 29.9 Å². The fraction of sp³-hybridized carbons (Fsp3) is 0.783. The number of nitrogens with zero attached hydrogens (tertiary/aromatic N) is 4. The summed E-state index contributed by atoms with van der Waals surface area (Å²) in [7, 11) is 0.917. The van der Waals surface area contributed by atoms with E-state index in [4.69, 9.17) is 10.5 Å². The summed E-state index contributed by atoms with van der Waals surface area (Å²) in [6, 6.07) is 0. The molecule has 0 aliphatic carbocycles. The van der Waals surface area contributed by atoms with E-state index in [9.17, 15) is 9.13 Å². The zero-order valence-electron chi connectivity index (χ0n) is 20.6. The van der Waals surface area contributed by atoms with Gasteiger partial charge in [0.1, 0.15) is 11.8 Å². The molecule has 11 heteroatoms. The number of nitrogen functional groups attached to an aromatic ring is 1. The number of hydrogen-bond donors (Lipinski definition) is 1. The van der Waals surface area contributed by atoms with Crippen molar-refractivity contribution < 1.29 is 13.9 Å². The molecular weight excluding hydrogens is 489 g/mol. The van der Waals surface area contributed by atoms with Gasteiger partial charge in [-0.15, -0.1) is 0 Å². The summed E-state index contributed by atoms with van der Waals surface area (Å²) in [5.74, 6) is 1.40. The summed E-state index contributed by atoms with van der Waals surface area (Å²) in [6.07, 6.45) is 16.6. The topological polar surface area (TPSA) is 113 Å². The number of imidazole rings is 1. The molecule has 0 saturated heterocycles. The molecule has 2 heterocycles. The van der Waals surface area contributed by atoms with Crippen LogP contribution in [-0.4, -0.2) is 43.0 Å². The average Bonchev–Trinajstić information content (AvgIpc) is 3.22. The van der Waals surface area contributed by atoms with Gasteiger partial charge in [0.2, 0.25) is 0 Å². The van der Waals surface area contributed by atoms with Gasteiger partial charge in [0.05, 0.1) is 19.0 Å². The first-order chi connectivity index (χ1) is 16.5. The molecule has 192 valence electrons. The molecule has 0 radical (unpaired) electrons. The van der Waals surface area contributed by atoms with Crippen molar-refractivity contribution in [3.63, 3.8) is 0 Å². The molecule has 0 aliphatic rings. The molecule has 0 spiro atoms. The maximum absolute atomic E-state index is 11.7. The third kappa shape index (κ3) is 11.1. The molecule has 0 aromatic carbocycles. The van der Waals surface area contributed by atoms with Gasteiger partial charge in [-0.2, -0.15) is 0 Å². The fourth-order valence-electron chi connectivity index (χ4n) is 3.76. The molecule has 0 bridgehead atoms. The molecule has 0 aliphatic heterocycles. The van der Waals surface area contributed by atoms with Gasteiger partial charge in [-0.3, -0.25) is 0 Å². The molecule has 2 N–H and O–H groups in total. The van der Waals surface area contributed by atoms with Gasteiger partial charge in [0.25, 0.3) is 0 Å². The van der Waals surface area contributed by atoms with Gasteiger partial charge in [0, 0.05) is 11.5 Å². The molecular formula is C23H40N5O3PS2. The minimum Gasteiger partial charge on any atom is -0.382 e. The highest BCUT2D eigenvalue weighted by Gasteiger charge is 2.20. The van der Waals surface area contributed by atoms with Crippen LogP contribution in [0.5, 0.6) is 0 Å². The Labute approximate surface area is 212 Å². The van der Waals surface area contributed by atoms with Gasteiger partial charge in [-0.05, 0) is 19.8 Å². The highest BCUT2D eigenvalue weighted by atomic mass is 33.1. The highest BCUT2D eigenvalue weighted by Crippen LogP contribution is 2.29. The summed E-state index contributed by atoms with van der Waals surface area (Å²) in [5.41, 5.74) is 6.98. The van der Waals surface area contributed by atoms with Crippen LogP contribution in [0.1, 0.15) is 84.5 Å². The molecule has 2 unspecified atom stereocenters. The second-order valence-electron chi connectivity index (χ2n) is 8.63. The SMILES string of the molecule is CCCCCCCCCCCCSSCCC(OC(C)Cn1cnc2c(N)ncnc21)P(=O)=O. The zero-order valence-corrected chi connectivity index (χ0v) is 23.1. The first-order valence-corrected chi connectivity index (χ1v) is 16.2. The lowest BCUT2D eigenvalue weighted by Crippen LogP contribution is -2.21. The number of anilines is 1. The lowest BCUT2D eigenvalue weighted by Gasteiger charge is -2.17. The monoisotopic (exact) mass is 529 g/mol. The Hall–Kier alpha value is -1.09. The number of unbranched alkanes of at least 4 members (excludes halogenated alkanes) is 9. The van der Waals surface area contributed by atoms with Crippen LogP contribution in [0, 0.1) is 0 Å². The number of hydrogen-bond acceptors (Lipinski definition) is 9. The van der Waals surface area contributed by atoms with Crippen molar-refractivity contribution >= 4 is 46.2 Å². The highest BCUT2D eigenvalue weighted by molar-refractivity contribution is 8.76. The number of nitrogens with two attached hydrogens (primary N) is 1. The van der Waals surface area contributed by atoms with Gasteiger partial charge < -0.3 is 15.0 Å². The summed E-state index contributed by atoms with van der Waals surface area (Å²) >= 11 is 0. The largest absolute Gasteiger partial charge is 0.382 e.